The average molecular weight is 388 g/mol. The van der Waals surface area contributed by atoms with E-state index in [1.807, 2.05) is 50.2 Å². The van der Waals surface area contributed by atoms with Gasteiger partial charge in [-0.1, -0.05) is 36.0 Å². The van der Waals surface area contributed by atoms with Gasteiger partial charge in [0.2, 0.25) is 0 Å². The van der Waals surface area contributed by atoms with Crippen LogP contribution in [0.3, 0.4) is 0 Å². The number of nitriles is 2. The summed E-state index contributed by atoms with van der Waals surface area (Å²) in [6, 6.07) is 17.6. The Labute approximate surface area is 168 Å². The molecule has 1 heterocycles. The first kappa shape index (κ1) is 19.7. The molecule has 28 heavy (non-hydrogen) atoms. The van der Waals surface area contributed by atoms with Gasteiger partial charge in [0, 0.05) is 12.2 Å². The van der Waals surface area contributed by atoms with Crippen LogP contribution in [0.5, 0.6) is 0 Å². The molecule has 0 radical (unpaired) electrons. The van der Waals surface area contributed by atoms with E-state index in [1.54, 1.807) is 10.6 Å². The summed E-state index contributed by atoms with van der Waals surface area (Å²) in [7, 11) is 0. The van der Waals surface area contributed by atoms with Crippen LogP contribution in [0, 0.1) is 42.4 Å². The third kappa shape index (κ3) is 4.08. The van der Waals surface area contributed by atoms with E-state index in [1.165, 1.54) is 11.8 Å². The Balaban J connectivity index is 2.13. The van der Waals surface area contributed by atoms with E-state index >= 15 is 0 Å². The Hall–Kier alpha value is -3.09. The maximum Gasteiger partial charge on any atom is 0.266 e. The van der Waals surface area contributed by atoms with Crippen LogP contribution in [0.1, 0.15) is 24.0 Å². The SMILES string of the molecule is Cc1ccc(C)c(-n2c(SC[C@H](C#N)CCC#N)nc3ccccc3c2=O)c1. The topological polar surface area (TPSA) is 82.5 Å². The number of hydrogen-bond acceptors (Lipinski definition) is 5. The highest BCUT2D eigenvalue weighted by molar-refractivity contribution is 7.99. The summed E-state index contributed by atoms with van der Waals surface area (Å²) in [4.78, 5) is 18.0. The lowest BCUT2D eigenvalue weighted by molar-refractivity contribution is 0.682. The van der Waals surface area contributed by atoms with Gasteiger partial charge in [-0.15, -0.1) is 0 Å². The second-order valence-electron chi connectivity index (χ2n) is 6.68. The quantitative estimate of drug-likeness (QED) is 0.457. The minimum Gasteiger partial charge on any atom is -0.268 e. The summed E-state index contributed by atoms with van der Waals surface area (Å²) in [5.41, 5.74) is 3.36. The lowest BCUT2D eigenvalue weighted by Gasteiger charge is -2.16. The Morgan fingerprint density at radius 3 is 2.71 bits per heavy atom. The van der Waals surface area contributed by atoms with Gasteiger partial charge in [0.05, 0.1) is 34.6 Å². The Morgan fingerprint density at radius 2 is 1.96 bits per heavy atom. The van der Waals surface area contributed by atoms with Crippen LogP contribution >= 0.6 is 11.8 Å². The van der Waals surface area contributed by atoms with Crippen molar-refractivity contribution in [3.8, 4) is 17.8 Å². The standard InChI is InChI=1S/C22H20N4OS/c1-15-9-10-16(2)20(12-15)26-21(27)18-7-3-4-8-19(18)25-22(26)28-14-17(13-24)6-5-11-23/h3-4,7-10,12,17H,5-6,14H2,1-2H3/t17-/m0/s1. The molecule has 3 aromatic rings. The third-order valence-electron chi connectivity index (χ3n) is 4.55. The molecule has 140 valence electrons. The van der Waals surface area contributed by atoms with E-state index in [9.17, 15) is 10.1 Å². The van der Waals surface area contributed by atoms with Gasteiger partial charge in [-0.05, 0) is 49.6 Å². The number of thioether (sulfide) groups is 1. The Morgan fingerprint density at radius 1 is 1.18 bits per heavy atom. The molecule has 0 unspecified atom stereocenters. The van der Waals surface area contributed by atoms with E-state index in [0.717, 1.165) is 16.8 Å². The van der Waals surface area contributed by atoms with Crippen molar-refractivity contribution in [1.82, 2.24) is 9.55 Å². The van der Waals surface area contributed by atoms with Gasteiger partial charge in [-0.25, -0.2) is 4.98 Å². The van der Waals surface area contributed by atoms with Crippen LogP contribution < -0.4 is 5.56 Å². The van der Waals surface area contributed by atoms with Crippen LogP contribution in [0.2, 0.25) is 0 Å². The zero-order valence-electron chi connectivity index (χ0n) is 15.8. The van der Waals surface area contributed by atoms with Gasteiger partial charge in [-0.3, -0.25) is 9.36 Å². The minimum atomic E-state index is -0.264. The maximum atomic E-state index is 13.3. The van der Waals surface area contributed by atoms with Crippen LogP contribution in [0.25, 0.3) is 16.6 Å². The summed E-state index contributed by atoms with van der Waals surface area (Å²) in [6.45, 7) is 3.96. The van der Waals surface area contributed by atoms with Gasteiger partial charge >= 0.3 is 0 Å². The van der Waals surface area contributed by atoms with Gasteiger partial charge in [0.25, 0.3) is 5.56 Å². The fourth-order valence-electron chi connectivity index (χ4n) is 2.98. The highest BCUT2D eigenvalue weighted by Crippen LogP contribution is 2.26. The molecular weight excluding hydrogens is 368 g/mol. The highest BCUT2D eigenvalue weighted by Gasteiger charge is 2.17. The fourth-order valence-corrected chi connectivity index (χ4v) is 4.05. The van der Waals surface area contributed by atoms with E-state index in [-0.39, 0.29) is 11.5 Å². The maximum absolute atomic E-state index is 13.3. The Bertz CT molecular complexity index is 1150. The summed E-state index contributed by atoms with van der Waals surface area (Å²) >= 11 is 1.39. The number of aromatic nitrogens is 2. The number of aryl methyl sites for hydroxylation is 2. The van der Waals surface area contributed by atoms with Crippen LogP contribution in [-0.2, 0) is 0 Å². The predicted molar refractivity (Wildman–Crippen MR) is 111 cm³/mol. The number of fused-ring (bicyclic) bond motifs is 1. The molecule has 1 aromatic heterocycles. The second kappa shape index (κ2) is 8.73. The van der Waals surface area contributed by atoms with Gasteiger partial charge in [0.1, 0.15) is 0 Å². The van der Waals surface area contributed by atoms with Gasteiger partial charge in [0.15, 0.2) is 5.16 Å². The molecular formula is C22H20N4OS. The smallest absolute Gasteiger partial charge is 0.266 e. The van der Waals surface area contributed by atoms with E-state index in [0.29, 0.717) is 34.7 Å². The molecule has 0 saturated carbocycles. The van der Waals surface area contributed by atoms with E-state index < -0.39 is 0 Å². The fraction of sp³-hybridized carbons (Fsp3) is 0.273. The number of para-hydroxylation sites is 1. The molecule has 0 fully saturated rings. The molecule has 3 rings (SSSR count). The van der Waals surface area contributed by atoms with Crippen molar-refractivity contribution in [2.45, 2.75) is 31.8 Å². The zero-order chi connectivity index (χ0) is 20.1. The van der Waals surface area contributed by atoms with Crippen molar-refractivity contribution < 1.29 is 0 Å². The van der Waals surface area contributed by atoms with Crippen LogP contribution in [0.4, 0.5) is 0 Å². The number of benzene rings is 2. The highest BCUT2D eigenvalue weighted by atomic mass is 32.2. The lowest BCUT2D eigenvalue weighted by atomic mass is 10.1. The molecule has 1 atom stereocenters. The number of nitrogens with zero attached hydrogens (tertiary/aromatic N) is 4. The molecule has 0 aliphatic heterocycles. The van der Waals surface area contributed by atoms with Crippen molar-refractivity contribution in [3.63, 3.8) is 0 Å². The summed E-state index contributed by atoms with van der Waals surface area (Å²) in [6.07, 6.45) is 0.856. The van der Waals surface area contributed by atoms with Crippen molar-refractivity contribution in [2.24, 2.45) is 5.92 Å². The molecule has 2 aromatic carbocycles. The van der Waals surface area contributed by atoms with Crippen LogP contribution in [-0.4, -0.2) is 15.3 Å². The van der Waals surface area contributed by atoms with Crippen LogP contribution in [0.15, 0.2) is 52.4 Å². The molecule has 6 heteroatoms. The predicted octanol–water partition coefficient (Wildman–Crippen LogP) is 4.54. The van der Waals surface area contributed by atoms with Gasteiger partial charge in [-0.2, -0.15) is 10.5 Å². The van der Waals surface area contributed by atoms with Crippen molar-refractivity contribution in [1.29, 1.82) is 10.5 Å². The summed E-state index contributed by atoms with van der Waals surface area (Å²) < 4.78 is 1.65. The average Bonchev–Trinajstić information content (AvgIpc) is 2.70. The molecule has 0 amide bonds. The molecule has 0 spiro atoms. The number of rotatable bonds is 6. The van der Waals surface area contributed by atoms with Crippen molar-refractivity contribution in [3.05, 3.63) is 63.9 Å². The largest absolute Gasteiger partial charge is 0.268 e. The first-order chi connectivity index (χ1) is 13.5. The second-order valence-corrected chi connectivity index (χ2v) is 7.66. The lowest BCUT2D eigenvalue weighted by Crippen LogP contribution is -2.23. The first-order valence-corrected chi connectivity index (χ1v) is 10.0. The first-order valence-electron chi connectivity index (χ1n) is 9.04. The third-order valence-corrected chi connectivity index (χ3v) is 5.65. The molecule has 5 nitrogen and oxygen atoms in total. The zero-order valence-corrected chi connectivity index (χ0v) is 16.7. The normalized spacial score (nSPS) is 11.7. The monoisotopic (exact) mass is 388 g/mol. The van der Waals surface area contributed by atoms with E-state index in [4.69, 9.17) is 10.2 Å². The molecule has 0 N–H and O–H groups in total. The van der Waals surface area contributed by atoms with Crippen molar-refractivity contribution in [2.75, 3.05) is 5.75 Å². The Kier molecular flexibility index (Phi) is 6.13. The minimum absolute atomic E-state index is 0.118. The molecule has 0 aliphatic rings. The van der Waals surface area contributed by atoms with Crippen molar-refractivity contribution >= 4 is 22.7 Å². The van der Waals surface area contributed by atoms with E-state index in [2.05, 4.69) is 12.1 Å². The number of hydrogen-bond donors (Lipinski definition) is 0. The molecule has 0 saturated heterocycles. The summed E-state index contributed by atoms with van der Waals surface area (Å²) in [5, 5.41) is 19.3. The van der Waals surface area contributed by atoms with Gasteiger partial charge < -0.3 is 0 Å². The molecule has 0 aliphatic carbocycles. The summed E-state index contributed by atoms with van der Waals surface area (Å²) in [5.74, 6) is 0.216. The molecule has 0 bridgehead atoms.